The third kappa shape index (κ3) is 6.52. The minimum Gasteiger partial charge on any atom is -0.478 e. The van der Waals surface area contributed by atoms with E-state index in [4.69, 9.17) is 0 Å². The van der Waals surface area contributed by atoms with Gasteiger partial charge in [0.05, 0.1) is 16.0 Å². The molecule has 6 N–H and O–H groups in total. The molecule has 0 spiro atoms. The number of aromatic carboxylic acids is 2. The summed E-state index contributed by atoms with van der Waals surface area (Å²) in [4.78, 5) is 35.9. The average Bonchev–Trinajstić information content (AvgIpc) is 2.99. The maximum atomic E-state index is 11.6. The molecular formula is C32H24N6O7S. The molecular weight excluding hydrogens is 612 g/mol. The summed E-state index contributed by atoms with van der Waals surface area (Å²) in [6.45, 7) is 1.54. The van der Waals surface area contributed by atoms with E-state index in [2.05, 4.69) is 30.9 Å². The van der Waals surface area contributed by atoms with E-state index < -0.39 is 22.1 Å². The molecule has 6 rings (SSSR count). The van der Waals surface area contributed by atoms with Gasteiger partial charge in [-0.05, 0) is 101 Å². The maximum absolute atomic E-state index is 11.6. The van der Waals surface area contributed by atoms with Gasteiger partial charge >= 0.3 is 11.9 Å². The van der Waals surface area contributed by atoms with Crippen molar-refractivity contribution >= 4 is 78.5 Å². The summed E-state index contributed by atoms with van der Waals surface area (Å²) in [6, 6.07) is 24.5. The van der Waals surface area contributed by atoms with Crippen molar-refractivity contribution in [2.75, 3.05) is 16.0 Å². The first-order valence-corrected chi connectivity index (χ1v) is 15.0. The molecule has 46 heavy (non-hydrogen) atoms. The summed E-state index contributed by atoms with van der Waals surface area (Å²) >= 11 is 0. The third-order valence-electron chi connectivity index (χ3n) is 7.03. The van der Waals surface area contributed by atoms with Crippen LogP contribution in [-0.4, -0.2) is 50.1 Å². The molecule has 5 aromatic carbocycles. The van der Waals surface area contributed by atoms with Crippen LogP contribution >= 0.6 is 0 Å². The average molecular weight is 637 g/mol. The van der Waals surface area contributed by atoms with Crippen LogP contribution in [0.15, 0.2) is 95.9 Å². The van der Waals surface area contributed by atoms with Crippen molar-refractivity contribution in [3.05, 3.63) is 108 Å². The zero-order chi connectivity index (χ0) is 32.6. The molecule has 230 valence electrons. The van der Waals surface area contributed by atoms with Crippen LogP contribution in [0.5, 0.6) is 0 Å². The second-order valence-corrected chi connectivity index (χ2v) is 11.7. The highest BCUT2D eigenvalue weighted by atomic mass is 32.2. The summed E-state index contributed by atoms with van der Waals surface area (Å²) in [6.07, 6.45) is 0. The summed E-state index contributed by atoms with van der Waals surface area (Å²) in [5, 5.41) is 31.0. The fourth-order valence-corrected chi connectivity index (χ4v) is 5.57. The molecule has 1 heterocycles. The quantitative estimate of drug-likeness (QED) is 0.0957. The lowest BCUT2D eigenvalue weighted by Crippen LogP contribution is -2.08. The number of fused-ring (bicyclic) bond motifs is 2. The van der Waals surface area contributed by atoms with Gasteiger partial charge in [0.2, 0.25) is 17.8 Å². The molecule has 14 heteroatoms. The van der Waals surface area contributed by atoms with Gasteiger partial charge < -0.3 is 26.2 Å². The SMILES string of the molecule is Cc1cc(Nc2nc(Nc3ccc4cc(C(=O)O)ccc4c3)nc(Nc3ccc4cc(C(=O)O)ccc4c3)n2)ccc1S(=O)(=O)O. The number of aryl methyl sites for hydroxylation is 1. The summed E-state index contributed by atoms with van der Waals surface area (Å²) in [5.74, 6) is -1.63. The van der Waals surface area contributed by atoms with E-state index in [1.165, 1.54) is 30.3 Å². The van der Waals surface area contributed by atoms with Crippen LogP contribution in [0.1, 0.15) is 26.3 Å². The first-order chi connectivity index (χ1) is 21.9. The Morgan fingerprint density at radius 2 is 0.935 bits per heavy atom. The molecule has 13 nitrogen and oxygen atoms in total. The molecule has 0 atom stereocenters. The fourth-order valence-electron chi connectivity index (χ4n) is 4.86. The van der Waals surface area contributed by atoms with Gasteiger partial charge in [-0.2, -0.15) is 23.4 Å². The Kier molecular flexibility index (Phi) is 7.65. The molecule has 0 unspecified atom stereocenters. The number of benzene rings is 5. The minimum atomic E-state index is -4.40. The van der Waals surface area contributed by atoms with Gasteiger partial charge in [-0.15, -0.1) is 0 Å². The number of carbonyl (C=O) groups is 2. The Bertz CT molecular complexity index is 2190. The van der Waals surface area contributed by atoms with Crippen molar-refractivity contribution in [1.82, 2.24) is 15.0 Å². The van der Waals surface area contributed by atoms with Gasteiger partial charge in [-0.1, -0.05) is 24.3 Å². The van der Waals surface area contributed by atoms with Gasteiger partial charge in [-0.3, -0.25) is 4.55 Å². The monoisotopic (exact) mass is 636 g/mol. The van der Waals surface area contributed by atoms with Gasteiger partial charge in [0.25, 0.3) is 10.1 Å². The van der Waals surface area contributed by atoms with Crippen LogP contribution < -0.4 is 16.0 Å². The minimum absolute atomic E-state index is 0.109. The number of carboxylic acids is 2. The predicted octanol–water partition coefficient (Wildman–Crippen LogP) is 6.36. The second kappa shape index (κ2) is 11.8. The van der Waals surface area contributed by atoms with Crippen molar-refractivity contribution in [2.45, 2.75) is 11.8 Å². The lowest BCUT2D eigenvalue weighted by Gasteiger charge is -2.13. The van der Waals surface area contributed by atoms with E-state index in [-0.39, 0.29) is 33.9 Å². The molecule has 6 aromatic rings. The molecule has 0 fully saturated rings. The van der Waals surface area contributed by atoms with Crippen molar-refractivity contribution in [3.63, 3.8) is 0 Å². The number of anilines is 6. The number of hydrogen-bond donors (Lipinski definition) is 6. The van der Waals surface area contributed by atoms with E-state index in [1.54, 1.807) is 55.5 Å². The van der Waals surface area contributed by atoms with Gasteiger partial charge in [0.15, 0.2) is 0 Å². The van der Waals surface area contributed by atoms with E-state index >= 15 is 0 Å². The van der Waals surface area contributed by atoms with E-state index in [0.29, 0.717) is 22.6 Å². The summed E-state index contributed by atoms with van der Waals surface area (Å²) in [5.41, 5.74) is 2.34. The standard InChI is InChI=1S/C32H24N6O7S/c1-17-12-24(10-11-27(17)46(43,44)45)33-30-36-31(34-25-8-6-18-13-22(28(39)40)4-2-20(18)15-25)38-32(37-30)35-26-9-7-19-14-23(29(41)42)5-3-21(19)16-26/h2-16H,1H3,(H,39,40)(H,41,42)(H,43,44,45)(H3,33,34,35,36,37,38). The van der Waals surface area contributed by atoms with E-state index in [0.717, 1.165) is 21.5 Å². The lowest BCUT2D eigenvalue weighted by molar-refractivity contribution is 0.0686. The predicted molar refractivity (Wildman–Crippen MR) is 172 cm³/mol. The highest BCUT2D eigenvalue weighted by molar-refractivity contribution is 7.85. The number of hydrogen-bond acceptors (Lipinski definition) is 10. The van der Waals surface area contributed by atoms with Crippen LogP contribution in [0.25, 0.3) is 21.5 Å². The third-order valence-corrected chi connectivity index (χ3v) is 8.04. The van der Waals surface area contributed by atoms with Gasteiger partial charge in [-0.25, -0.2) is 9.59 Å². The normalized spacial score (nSPS) is 11.3. The molecule has 0 bridgehead atoms. The fraction of sp³-hybridized carbons (Fsp3) is 0.0312. The number of carboxylic acid groups (broad SMARTS) is 2. The highest BCUT2D eigenvalue weighted by Crippen LogP contribution is 2.27. The zero-order valence-electron chi connectivity index (χ0n) is 23.9. The van der Waals surface area contributed by atoms with E-state index in [1.807, 2.05) is 12.1 Å². The Labute approximate surface area is 261 Å². The van der Waals surface area contributed by atoms with Crippen LogP contribution in [-0.2, 0) is 10.1 Å². The maximum Gasteiger partial charge on any atom is 0.335 e. The number of rotatable bonds is 9. The second-order valence-electron chi connectivity index (χ2n) is 10.3. The van der Waals surface area contributed by atoms with Gasteiger partial charge in [0.1, 0.15) is 0 Å². The zero-order valence-corrected chi connectivity index (χ0v) is 24.7. The molecule has 0 saturated heterocycles. The topological polar surface area (TPSA) is 204 Å². The Morgan fingerprint density at radius 1 is 0.565 bits per heavy atom. The first-order valence-electron chi connectivity index (χ1n) is 13.6. The molecule has 0 radical (unpaired) electrons. The van der Waals surface area contributed by atoms with Gasteiger partial charge in [0, 0.05) is 17.1 Å². The van der Waals surface area contributed by atoms with Crippen molar-refractivity contribution in [3.8, 4) is 0 Å². The summed E-state index contributed by atoms with van der Waals surface area (Å²) < 4.78 is 32.8. The molecule has 1 aromatic heterocycles. The lowest BCUT2D eigenvalue weighted by atomic mass is 10.1. The Balaban J connectivity index is 1.34. The smallest absolute Gasteiger partial charge is 0.335 e. The van der Waals surface area contributed by atoms with Crippen LogP contribution in [0.3, 0.4) is 0 Å². The van der Waals surface area contributed by atoms with Crippen LogP contribution in [0.4, 0.5) is 34.9 Å². The number of aromatic nitrogens is 3. The molecule has 0 aliphatic heterocycles. The molecule has 0 aliphatic carbocycles. The molecule has 0 aliphatic rings. The van der Waals surface area contributed by atoms with Crippen LogP contribution in [0, 0.1) is 6.92 Å². The molecule has 0 saturated carbocycles. The van der Waals surface area contributed by atoms with Crippen LogP contribution in [0.2, 0.25) is 0 Å². The van der Waals surface area contributed by atoms with Crippen molar-refractivity contribution in [2.24, 2.45) is 0 Å². The summed E-state index contributed by atoms with van der Waals surface area (Å²) in [7, 11) is -4.40. The first kappa shape index (κ1) is 29.9. The Morgan fingerprint density at radius 3 is 1.33 bits per heavy atom. The Hall–Kier alpha value is -6.12. The highest BCUT2D eigenvalue weighted by Gasteiger charge is 2.15. The van der Waals surface area contributed by atoms with E-state index in [9.17, 15) is 32.8 Å². The van der Waals surface area contributed by atoms with Crippen molar-refractivity contribution < 1.29 is 32.8 Å². The molecule has 0 amide bonds. The van der Waals surface area contributed by atoms with Crippen molar-refractivity contribution in [1.29, 1.82) is 0 Å². The largest absolute Gasteiger partial charge is 0.478 e. The number of nitrogens with one attached hydrogen (secondary N) is 3. The number of nitrogens with zero attached hydrogens (tertiary/aromatic N) is 3.